The summed E-state index contributed by atoms with van der Waals surface area (Å²) in [5, 5.41) is 0. The van der Waals surface area contributed by atoms with Crippen LogP contribution >= 0.6 is 0 Å². The Kier molecular flexibility index (Phi) is 3.75. The Morgan fingerprint density at radius 2 is 1.79 bits per heavy atom. The van der Waals surface area contributed by atoms with E-state index in [2.05, 4.69) is 4.74 Å². The second-order valence-corrected chi connectivity index (χ2v) is 4.02. The van der Waals surface area contributed by atoms with Crippen molar-refractivity contribution in [1.82, 2.24) is 4.90 Å². The van der Waals surface area contributed by atoms with Crippen LogP contribution in [0.4, 0.5) is 0 Å². The van der Waals surface area contributed by atoms with E-state index in [0.717, 1.165) is 0 Å². The Balaban J connectivity index is 2.01. The van der Waals surface area contributed by atoms with Crippen molar-refractivity contribution in [2.75, 3.05) is 13.7 Å². The van der Waals surface area contributed by atoms with Crippen molar-refractivity contribution in [3.8, 4) is 0 Å². The fraction of sp³-hybridized carbons (Fsp3) is 0.214. The molecule has 1 aliphatic rings. The highest BCUT2D eigenvalue weighted by atomic mass is 16.5. The van der Waals surface area contributed by atoms with Crippen LogP contribution in [0.2, 0.25) is 0 Å². The van der Waals surface area contributed by atoms with Gasteiger partial charge in [-0.05, 0) is 18.6 Å². The maximum Gasteiger partial charge on any atom is 0.330 e. The molecule has 1 heterocycles. The fourth-order valence-corrected chi connectivity index (χ4v) is 1.89. The summed E-state index contributed by atoms with van der Waals surface area (Å²) in [6, 6.07) is 6.73. The summed E-state index contributed by atoms with van der Waals surface area (Å²) in [4.78, 5) is 36.0. The van der Waals surface area contributed by atoms with E-state index < -0.39 is 5.97 Å². The molecule has 0 spiro atoms. The summed E-state index contributed by atoms with van der Waals surface area (Å²) in [6.07, 6.45) is 3.27. The minimum atomic E-state index is -0.456. The summed E-state index contributed by atoms with van der Waals surface area (Å²) in [6.45, 7) is 0.250. The van der Waals surface area contributed by atoms with Gasteiger partial charge in [0.05, 0.1) is 18.2 Å². The number of esters is 1. The predicted molar refractivity (Wildman–Crippen MR) is 67.6 cm³/mol. The number of methoxy groups -OCH3 is 1. The van der Waals surface area contributed by atoms with Gasteiger partial charge in [0.25, 0.3) is 11.8 Å². The van der Waals surface area contributed by atoms with E-state index >= 15 is 0 Å². The van der Waals surface area contributed by atoms with Gasteiger partial charge in [0, 0.05) is 12.6 Å². The van der Waals surface area contributed by atoms with E-state index in [9.17, 15) is 14.4 Å². The van der Waals surface area contributed by atoms with Gasteiger partial charge in [-0.3, -0.25) is 14.5 Å². The summed E-state index contributed by atoms with van der Waals surface area (Å²) in [5.74, 6) is -1.03. The van der Waals surface area contributed by atoms with Crippen molar-refractivity contribution in [1.29, 1.82) is 0 Å². The molecule has 0 aliphatic carbocycles. The van der Waals surface area contributed by atoms with Gasteiger partial charge >= 0.3 is 5.97 Å². The van der Waals surface area contributed by atoms with Crippen LogP contribution < -0.4 is 0 Å². The zero-order valence-corrected chi connectivity index (χ0v) is 10.5. The lowest BCUT2D eigenvalue weighted by molar-refractivity contribution is -0.134. The van der Waals surface area contributed by atoms with Crippen LogP contribution in [0, 0.1) is 0 Å². The van der Waals surface area contributed by atoms with Crippen molar-refractivity contribution in [3.05, 3.63) is 47.5 Å². The van der Waals surface area contributed by atoms with Crippen LogP contribution in [0.15, 0.2) is 36.4 Å². The van der Waals surface area contributed by atoms with Gasteiger partial charge in [0.2, 0.25) is 0 Å². The molecule has 0 bridgehead atoms. The number of amides is 2. The van der Waals surface area contributed by atoms with Crippen LogP contribution in [0.25, 0.3) is 0 Å². The number of nitrogens with zero attached hydrogens (tertiary/aromatic N) is 1. The lowest BCUT2D eigenvalue weighted by atomic mass is 10.1. The standard InChI is InChI=1S/C14H13NO4/c1-19-12(16)8-4-5-9-15-13(17)10-6-2-3-7-11(10)14(15)18/h2-4,6-8H,5,9H2,1H3/b8-4-. The van der Waals surface area contributed by atoms with Gasteiger partial charge in [-0.25, -0.2) is 4.79 Å². The Bertz CT molecular complexity index is 527. The number of imide groups is 1. The SMILES string of the molecule is COC(=O)/C=C\CCN1C(=O)c2ccccc2C1=O. The smallest absolute Gasteiger partial charge is 0.330 e. The van der Waals surface area contributed by atoms with Crippen molar-refractivity contribution in [2.24, 2.45) is 0 Å². The highest BCUT2D eigenvalue weighted by Crippen LogP contribution is 2.22. The number of ether oxygens (including phenoxy) is 1. The third-order valence-corrected chi connectivity index (χ3v) is 2.85. The largest absolute Gasteiger partial charge is 0.466 e. The quantitative estimate of drug-likeness (QED) is 0.466. The van der Waals surface area contributed by atoms with Crippen LogP contribution in [-0.2, 0) is 9.53 Å². The molecule has 98 valence electrons. The molecule has 0 N–H and O–H groups in total. The van der Waals surface area contributed by atoms with Gasteiger partial charge in [0.1, 0.15) is 0 Å². The van der Waals surface area contributed by atoms with Gasteiger partial charge in [-0.1, -0.05) is 18.2 Å². The number of benzene rings is 1. The van der Waals surface area contributed by atoms with Crippen LogP contribution in [0.1, 0.15) is 27.1 Å². The molecule has 1 aromatic carbocycles. The normalized spacial score (nSPS) is 14.1. The van der Waals surface area contributed by atoms with E-state index in [1.165, 1.54) is 18.1 Å². The predicted octanol–water partition coefficient (Wildman–Crippen LogP) is 1.40. The molecule has 5 heteroatoms. The van der Waals surface area contributed by atoms with Gasteiger partial charge in [-0.2, -0.15) is 0 Å². The molecular formula is C14H13NO4. The Labute approximate surface area is 110 Å². The zero-order valence-electron chi connectivity index (χ0n) is 10.5. The average Bonchev–Trinajstić information content (AvgIpc) is 2.68. The number of hydrogen-bond acceptors (Lipinski definition) is 4. The Morgan fingerprint density at radius 1 is 1.21 bits per heavy atom. The van der Waals surface area contributed by atoms with Crippen molar-refractivity contribution in [2.45, 2.75) is 6.42 Å². The molecule has 19 heavy (non-hydrogen) atoms. The first-order valence-corrected chi connectivity index (χ1v) is 5.85. The molecule has 1 aromatic rings. The molecule has 0 atom stereocenters. The summed E-state index contributed by atoms with van der Waals surface area (Å²) in [5.41, 5.74) is 0.869. The number of rotatable bonds is 4. The van der Waals surface area contributed by atoms with Gasteiger partial charge in [0.15, 0.2) is 0 Å². The third-order valence-electron chi connectivity index (χ3n) is 2.85. The Morgan fingerprint density at radius 3 is 2.32 bits per heavy atom. The van der Waals surface area contributed by atoms with E-state index in [-0.39, 0.29) is 18.4 Å². The molecule has 0 unspecified atom stereocenters. The molecule has 0 saturated carbocycles. The van der Waals surface area contributed by atoms with Crippen LogP contribution in [0.5, 0.6) is 0 Å². The fourth-order valence-electron chi connectivity index (χ4n) is 1.89. The lowest BCUT2D eigenvalue weighted by Crippen LogP contribution is -2.30. The summed E-state index contributed by atoms with van der Waals surface area (Å²) in [7, 11) is 1.29. The van der Waals surface area contributed by atoms with Crippen LogP contribution in [-0.4, -0.2) is 36.3 Å². The summed E-state index contributed by atoms with van der Waals surface area (Å²) >= 11 is 0. The third kappa shape index (κ3) is 2.54. The first-order valence-electron chi connectivity index (χ1n) is 5.85. The van der Waals surface area contributed by atoms with Crippen LogP contribution in [0.3, 0.4) is 0 Å². The zero-order chi connectivity index (χ0) is 13.8. The maximum atomic E-state index is 12.0. The molecule has 0 saturated heterocycles. The van der Waals surface area contributed by atoms with Gasteiger partial charge in [-0.15, -0.1) is 0 Å². The molecule has 0 fully saturated rings. The monoisotopic (exact) mass is 259 g/mol. The topological polar surface area (TPSA) is 63.7 Å². The number of fused-ring (bicyclic) bond motifs is 1. The average molecular weight is 259 g/mol. The minimum Gasteiger partial charge on any atom is -0.466 e. The molecule has 0 radical (unpaired) electrons. The molecular weight excluding hydrogens is 246 g/mol. The lowest BCUT2D eigenvalue weighted by Gasteiger charge is -2.11. The van der Waals surface area contributed by atoms with E-state index in [1.54, 1.807) is 30.3 Å². The van der Waals surface area contributed by atoms with Crippen molar-refractivity contribution >= 4 is 17.8 Å². The van der Waals surface area contributed by atoms with E-state index in [1.807, 2.05) is 0 Å². The molecule has 2 rings (SSSR count). The first kappa shape index (κ1) is 13.0. The number of carbonyl (C=O) groups excluding carboxylic acids is 3. The second kappa shape index (κ2) is 5.48. The highest BCUT2D eigenvalue weighted by Gasteiger charge is 2.34. The first-order chi connectivity index (χ1) is 9.15. The van der Waals surface area contributed by atoms with E-state index in [4.69, 9.17) is 0 Å². The molecule has 2 amide bonds. The summed E-state index contributed by atoms with van der Waals surface area (Å²) < 4.78 is 4.44. The highest BCUT2D eigenvalue weighted by molar-refractivity contribution is 6.21. The second-order valence-electron chi connectivity index (χ2n) is 4.02. The molecule has 5 nitrogen and oxygen atoms in total. The number of carbonyl (C=O) groups is 3. The molecule has 0 aromatic heterocycles. The molecule has 1 aliphatic heterocycles. The van der Waals surface area contributed by atoms with Gasteiger partial charge < -0.3 is 4.74 Å². The van der Waals surface area contributed by atoms with E-state index in [0.29, 0.717) is 17.5 Å². The minimum absolute atomic E-state index is 0.250. The Hall–Kier alpha value is -2.43. The number of hydrogen-bond donors (Lipinski definition) is 0. The van der Waals surface area contributed by atoms with Crippen molar-refractivity contribution < 1.29 is 19.1 Å². The van der Waals surface area contributed by atoms with Crippen molar-refractivity contribution in [3.63, 3.8) is 0 Å². The maximum absolute atomic E-state index is 12.0.